The third kappa shape index (κ3) is 4.07. The first-order valence-corrected chi connectivity index (χ1v) is 5.81. The van der Waals surface area contributed by atoms with Crippen molar-refractivity contribution in [1.82, 2.24) is 0 Å². The van der Waals surface area contributed by atoms with E-state index in [0.29, 0.717) is 0 Å². The quantitative estimate of drug-likeness (QED) is 0.500. The lowest BCUT2D eigenvalue weighted by Gasteiger charge is -2.05. The van der Waals surface area contributed by atoms with Crippen LogP contribution in [-0.4, -0.2) is 16.7 Å². The van der Waals surface area contributed by atoms with Gasteiger partial charge in [0.25, 0.3) is 0 Å². The number of aliphatic hydroxyl groups is 1. The number of hydrogen-bond donors (Lipinski definition) is 1. The van der Waals surface area contributed by atoms with Gasteiger partial charge < -0.3 is 5.11 Å². The Hall–Kier alpha value is -2.42. The van der Waals surface area contributed by atoms with Crippen molar-refractivity contribution < 1.29 is 14.7 Å². The number of hydrogen-bond acceptors (Lipinski definition) is 3. The van der Waals surface area contributed by atoms with Crippen LogP contribution in [0.15, 0.2) is 59.9 Å². The Balaban J connectivity index is 3.11. The van der Waals surface area contributed by atoms with Crippen molar-refractivity contribution in [2.45, 2.75) is 13.8 Å². The lowest BCUT2D eigenvalue weighted by atomic mass is 9.99. The van der Waals surface area contributed by atoms with Gasteiger partial charge in [-0.25, -0.2) is 0 Å². The fraction of sp³-hybridized carbons (Fsp3) is 0.125. The first kappa shape index (κ1) is 14.6. The molecule has 0 aliphatic heterocycles. The number of Topliss-reactive ketones (excluding diaryl/α,β-unsaturated/α-hetero) is 2. The second-order valence-corrected chi connectivity index (χ2v) is 4.10. The highest BCUT2D eigenvalue weighted by molar-refractivity contribution is 6.11. The van der Waals surface area contributed by atoms with Gasteiger partial charge in [0.1, 0.15) is 5.76 Å². The minimum absolute atomic E-state index is 0.0164. The van der Waals surface area contributed by atoms with Gasteiger partial charge in [-0.1, -0.05) is 43.0 Å². The molecule has 0 saturated carbocycles. The molecule has 0 amide bonds. The van der Waals surface area contributed by atoms with Crippen LogP contribution in [0.5, 0.6) is 0 Å². The molecular weight excluding hydrogens is 240 g/mol. The van der Waals surface area contributed by atoms with Gasteiger partial charge in [-0.2, -0.15) is 0 Å². The zero-order chi connectivity index (χ0) is 14.4. The predicted molar refractivity (Wildman–Crippen MR) is 75.6 cm³/mol. The van der Waals surface area contributed by atoms with Crippen LogP contribution < -0.4 is 0 Å². The number of carbonyl (C=O) groups excluding carboxylic acids is 2. The average molecular weight is 256 g/mol. The molecule has 0 saturated heterocycles. The summed E-state index contributed by atoms with van der Waals surface area (Å²) in [5.41, 5.74) is 0.854. The van der Waals surface area contributed by atoms with E-state index in [0.717, 1.165) is 5.56 Å². The molecule has 19 heavy (non-hydrogen) atoms. The summed E-state index contributed by atoms with van der Waals surface area (Å²) in [6, 6.07) is 9.32. The molecule has 0 atom stereocenters. The van der Waals surface area contributed by atoms with Crippen LogP contribution in [0, 0.1) is 0 Å². The first-order valence-electron chi connectivity index (χ1n) is 5.81. The maximum absolute atomic E-state index is 11.5. The zero-order valence-corrected chi connectivity index (χ0v) is 11.0. The Morgan fingerprint density at radius 2 is 1.68 bits per heavy atom. The lowest BCUT2D eigenvalue weighted by Crippen LogP contribution is -2.08. The molecule has 1 rings (SSSR count). The molecule has 98 valence electrons. The Labute approximate surface area is 112 Å². The maximum Gasteiger partial charge on any atom is 0.164 e. The highest BCUT2D eigenvalue weighted by Crippen LogP contribution is 2.16. The summed E-state index contributed by atoms with van der Waals surface area (Å²) in [5.74, 6) is -0.989. The number of rotatable bonds is 5. The van der Waals surface area contributed by atoms with Gasteiger partial charge in [0.15, 0.2) is 11.6 Å². The van der Waals surface area contributed by atoms with E-state index in [1.54, 1.807) is 6.08 Å². The highest BCUT2D eigenvalue weighted by Gasteiger charge is 2.16. The number of aliphatic hydroxyl groups excluding tert-OH is 1. The Morgan fingerprint density at radius 3 is 2.16 bits per heavy atom. The minimum Gasteiger partial charge on any atom is -0.507 e. The molecule has 0 heterocycles. The van der Waals surface area contributed by atoms with Gasteiger partial charge >= 0.3 is 0 Å². The van der Waals surface area contributed by atoms with Gasteiger partial charge in [-0.15, -0.1) is 0 Å². The molecule has 0 radical (unpaired) electrons. The predicted octanol–water partition coefficient (Wildman–Crippen LogP) is 3.25. The van der Waals surface area contributed by atoms with Gasteiger partial charge in [0.2, 0.25) is 0 Å². The van der Waals surface area contributed by atoms with Crippen molar-refractivity contribution in [2.75, 3.05) is 0 Å². The molecule has 0 spiro atoms. The number of benzene rings is 1. The Morgan fingerprint density at radius 1 is 1.11 bits per heavy atom. The van der Waals surface area contributed by atoms with Gasteiger partial charge in [-0.3, -0.25) is 9.59 Å². The maximum atomic E-state index is 11.5. The van der Waals surface area contributed by atoms with Crippen molar-refractivity contribution >= 4 is 17.6 Å². The molecule has 0 aliphatic carbocycles. The van der Waals surface area contributed by atoms with Gasteiger partial charge in [0, 0.05) is 5.57 Å². The Kier molecular flexibility index (Phi) is 5.01. The molecule has 0 fully saturated rings. The molecule has 3 nitrogen and oxygen atoms in total. The normalized spacial score (nSPS) is 12.1. The molecule has 0 aromatic heterocycles. The van der Waals surface area contributed by atoms with E-state index < -0.39 is 5.78 Å². The number of ketones is 2. The summed E-state index contributed by atoms with van der Waals surface area (Å²) in [6.45, 7) is 6.12. The average Bonchev–Trinajstić information content (AvgIpc) is 2.37. The van der Waals surface area contributed by atoms with Crippen LogP contribution in [0.4, 0.5) is 0 Å². The number of carbonyl (C=O) groups is 2. The van der Waals surface area contributed by atoms with Crippen LogP contribution in [0.25, 0.3) is 6.08 Å². The second kappa shape index (κ2) is 6.50. The lowest BCUT2D eigenvalue weighted by molar-refractivity contribution is -0.116. The third-order valence-corrected chi connectivity index (χ3v) is 2.57. The van der Waals surface area contributed by atoms with E-state index in [1.165, 1.54) is 19.9 Å². The monoisotopic (exact) mass is 256 g/mol. The Bertz CT molecular complexity index is 563. The van der Waals surface area contributed by atoms with Crippen LogP contribution in [-0.2, 0) is 9.59 Å². The smallest absolute Gasteiger partial charge is 0.164 e. The molecule has 1 N–H and O–H groups in total. The molecular formula is C16H16O3. The van der Waals surface area contributed by atoms with Crippen molar-refractivity contribution in [3.05, 3.63) is 65.5 Å². The van der Waals surface area contributed by atoms with Crippen LogP contribution in [0.3, 0.4) is 0 Å². The van der Waals surface area contributed by atoms with E-state index in [2.05, 4.69) is 6.58 Å². The van der Waals surface area contributed by atoms with Gasteiger partial charge in [0.05, 0.1) is 5.57 Å². The van der Waals surface area contributed by atoms with Crippen molar-refractivity contribution in [1.29, 1.82) is 0 Å². The van der Waals surface area contributed by atoms with E-state index in [4.69, 9.17) is 0 Å². The fourth-order valence-corrected chi connectivity index (χ4v) is 1.55. The molecule has 1 aromatic carbocycles. The SMILES string of the molecule is C=C(C(C)=O)/C(C(C)=O)=C(O)\C=C\c1ccccc1. The summed E-state index contributed by atoms with van der Waals surface area (Å²) >= 11 is 0. The zero-order valence-electron chi connectivity index (χ0n) is 11.0. The number of allylic oxidation sites excluding steroid dienone is 3. The second-order valence-electron chi connectivity index (χ2n) is 4.10. The van der Waals surface area contributed by atoms with E-state index in [-0.39, 0.29) is 22.7 Å². The first-order chi connectivity index (χ1) is 8.93. The third-order valence-electron chi connectivity index (χ3n) is 2.57. The fourth-order valence-electron chi connectivity index (χ4n) is 1.55. The molecule has 1 aromatic rings. The summed E-state index contributed by atoms with van der Waals surface area (Å²) in [6.07, 6.45) is 3.05. The van der Waals surface area contributed by atoms with Crippen LogP contribution in [0.2, 0.25) is 0 Å². The van der Waals surface area contributed by atoms with E-state index >= 15 is 0 Å². The summed E-state index contributed by atoms with van der Waals surface area (Å²) < 4.78 is 0. The van der Waals surface area contributed by atoms with Crippen LogP contribution in [0.1, 0.15) is 19.4 Å². The molecule has 3 heteroatoms. The summed E-state index contributed by atoms with van der Waals surface area (Å²) in [4.78, 5) is 22.7. The molecule has 0 aliphatic rings. The topological polar surface area (TPSA) is 54.4 Å². The molecule has 0 unspecified atom stereocenters. The van der Waals surface area contributed by atoms with E-state index in [1.807, 2.05) is 30.3 Å². The minimum atomic E-state index is -0.393. The van der Waals surface area contributed by atoms with E-state index in [9.17, 15) is 14.7 Å². The van der Waals surface area contributed by atoms with Gasteiger partial charge in [-0.05, 0) is 25.5 Å². The summed E-state index contributed by atoms with van der Waals surface area (Å²) in [5, 5.41) is 9.92. The summed E-state index contributed by atoms with van der Waals surface area (Å²) in [7, 11) is 0. The van der Waals surface area contributed by atoms with Crippen molar-refractivity contribution in [3.8, 4) is 0 Å². The molecule has 0 bridgehead atoms. The highest BCUT2D eigenvalue weighted by atomic mass is 16.3. The van der Waals surface area contributed by atoms with Crippen LogP contribution >= 0.6 is 0 Å². The largest absolute Gasteiger partial charge is 0.507 e. The van der Waals surface area contributed by atoms with Crippen molar-refractivity contribution in [2.24, 2.45) is 0 Å². The van der Waals surface area contributed by atoms with Crippen molar-refractivity contribution in [3.63, 3.8) is 0 Å². The standard InChI is InChI=1S/C16H16O3/c1-11(12(2)17)16(13(3)18)15(19)10-9-14-7-5-4-6-8-14/h4-10,19H,1H2,2-3H3/b10-9+,16-15-.